The molecular formula is C21H18ClN5O4S. The Bertz CT molecular complexity index is 1210. The highest BCUT2D eigenvalue weighted by Gasteiger charge is 2.21. The molecule has 11 heteroatoms. The average molecular weight is 472 g/mol. The number of thiazole rings is 1. The van der Waals surface area contributed by atoms with Crippen molar-refractivity contribution in [3.63, 3.8) is 0 Å². The minimum atomic E-state index is -0.468. The molecule has 0 aliphatic carbocycles. The minimum absolute atomic E-state index is 0. The molecule has 2 aromatic heterocycles. The summed E-state index contributed by atoms with van der Waals surface area (Å²) in [4.78, 5) is 35.1. The van der Waals surface area contributed by atoms with Gasteiger partial charge in [0.1, 0.15) is 11.6 Å². The minimum Gasteiger partial charge on any atom is -0.494 e. The summed E-state index contributed by atoms with van der Waals surface area (Å²) in [7, 11) is 0. The van der Waals surface area contributed by atoms with Crippen LogP contribution in [-0.4, -0.2) is 32.4 Å². The highest BCUT2D eigenvalue weighted by atomic mass is 35.5. The van der Waals surface area contributed by atoms with Crippen molar-refractivity contribution in [1.82, 2.24) is 15.0 Å². The van der Waals surface area contributed by atoms with Gasteiger partial charge in [-0.05, 0) is 43.3 Å². The molecule has 0 bridgehead atoms. The van der Waals surface area contributed by atoms with Crippen molar-refractivity contribution in [3.8, 4) is 28.4 Å². The van der Waals surface area contributed by atoms with Gasteiger partial charge in [-0.2, -0.15) is 0 Å². The van der Waals surface area contributed by atoms with Crippen LogP contribution >= 0.6 is 23.7 Å². The van der Waals surface area contributed by atoms with Gasteiger partial charge in [-0.3, -0.25) is 20.2 Å². The molecule has 2 aromatic carbocycles. The van der Waals surface area contributed by atoms with Gasteiger partial charge in [-0.1, -0.05) is 0 Å². The van der Waals surface area contributed by atoms with Gasteiger partial charge in [0.2, 0.25) is 0 Å². The van der Waals surface area contributed by atoms with Gasteiger partial charge >= 0.3 is 0 Å². The molecule has 2 N–H and O–H groups in total. The van der Waals surface area contributed by atoms with Crippen LogP contribution in [0.2, 0.25) is 0 Å². The third kappa shape index (κ3) is 4.93. The first-order valence-corrected chi connectivity index (χ1v) is 10.2. The van der Waals surface area contributed by atoms with E-state index in [1.165, 1.54) is 23.5 Å². The summed E-state index contributed by atoms with van der Waals surface area (Å²) in [6.45, 7) is 2.45. The molecule has 0 saturated carbocycles. The van der Waals surface area contributed by atoms with Gasteiger partial charge in [-0.25, -0.2) is 9.97 Å². The highest BCUT2D eigenvalue weighted by Crippen LogP contribution is 2.29. The number of ether oxygens (including phenoxy) is 1. The number of hydrogen-bond acceptors (Lipinski definition) is 7. The number of anilines is 1. The van der Waals surface area contributed by atoms with E-state index in [-0.39, 0.29) is 23.8 Å². The Hall–Kier alpha value is -3.76. The molecule has 0 saturated heterocycles. The Morgan fingerprint density at radius 3 is 2.44 bits per heavy atom. The van der Waals surface area contributed by atoms with Crippen LogP contribution in [0.15, 0.2) is 60.1 Å². The highest BCUT2D eigenvalue weighted by molar-refractivity contribution is 7.13. The molecule has 1 amide bonds. The molecule has 0 unspecified atom stereocenters. The van der Waals surface area contributed by atoms with Crippen LogP contribution in [0, 0.1) is 10.1 Å². The molecule has 0 fully saturated rings. The van der Waals surface area contributed by atoms with Crippen molar-refractivity contribution < 1.29 is 14.5 Å². The molecule has 4 aromatic rings. The molecule has 0 aliphatic heterocycles. The van der Waals surface area contributed by atoms with Gasteiger partial charge < -0.3 is 9.72 Å². The fourth-order valence-corrected chi connectivity index (χ4v) is 3.47. The Morgan fingerprint density at radius 1 is 1.16 bits per heavy atom. The van der Waals surface area contributed by atoms with E-state index < -0.39 is 10.8 Å². The van der Waals surface area contributed by atoms with Crippen LogP contribution in [0.3, 0.4) is 0 Å². The van der Waals surface area contributed by atoms with Crippen LogP contribution in [-0.2, 0) is 0 Å². The summed E-state index contributed by atoms with van der Waals surface area (Å²) < 4.78 is 5.48. The smallest absolute Gasteiger partial charge is 0.278 e. The summed E-state index contributed by atoms with van der Waals surface area (Å²) >= 11 is 1.30. The van der Waals surface area contributed by atoms with Crippen molar-refractivity contribution in [2.45, 2.75) is 6.92 Å². The third-order valence-electron chi connectivity index (χ3n) is 4.38. The number of carbonyl (C=O) groups is 1. The quantitative estimate of drug-likeness (QED) is 0.282. The predicted molar refractivity (Wildman–Crippen MR) is 125 cm³/mol. The second kappa shape index (κ2) is 10.0. The molecule has 2 heterocycles. The van der Waals surface area contributed by atoms with Crippen LogP contribution in [0.25, 0.3) is 22.6 Å². The number of non-ortho nitro benzene ring substituents is 1. The average Bonchev–Trinajstić information content (AvgIpc) is 3.45. The van der Waals surface area contributed by atoms with E-state index in [1.807, 2.05) is 31.2 Å². The molecule has 0 atom stereocenters. The lowest BCUT2D eigenvalue weighted by Gasteiger charge is -2.05. The standard InChI is InChI=1S/C21H17N5O4S.ClH/c1-2-30-16-9-5-13(6-10-16)17-18(20(27)25-21-22-11-12-31-21)24-19(23-17)14-3-7-15(8-4-14)26(28)29;/h3-12H,2H2,1H3,(H,23,24)(H,22,25,27);1H. The van der Waals surface area contributed by atoms with E-state index in [9.17, 15) is 14.9 Å². The number of nitro groups is 1. The summed E-state index contributed by atoms with van der Waals surface area (Å²) in [6, 6.07) is 13.2. The summed E-state index contributed by atoms with van der Waals surface area (Å²) in [5.74, 6) is 0.724. The van der Waals surface area contributed by atoms with E-state index in [1.54, 1.807) is 23.7 Å². The Labute approximate surface area is 193 Å². The number of nitro benzene ring substituents is 1. The Balaban J connectivity index is 0.00000289. The van der Waals surface area contributed by atoms with Crippen molar-refractivity contribution in [3.05, 3.63) is 75.9 Å². The third-order valence-corrected chi connectivity index (χ3v) is 5.07. The number of nitrogens with one attached hydrogen (secondary N) is 2. The van der Waals surface area contributed by atoms with Gasteiger partial charge in [0.15, 0.2) is 10.8 Å². The van der Waals surface area contributed by atoms with E-state index >= 15 is 0 Å². The first-order chi connectivity index (χ1) is 15.0. The van der Waals surface area contributed by atoms with Crippen LogP contribution < -0.4 is 10.1 Å². The van der Waals surface area contributed by atoms with Crippen LogP contribution in [0.4, 0.5) is 10.8 Å². The molecule has 4 rings (SSSR count). The number of nitrogens with zero attached hydrogens (tertiary/aromatic N) is 3. The number of hydrogen-bond donors (Lipinski definition) is 2. The largest absolute Gasteiger partial charge is 0.494 e. The van der Waals surface area contributed by atoms with Crippen molar-refractivity contribution in [2.75, 3.05) is 11.9 Å². The van der Waals surface area contributed by atoms with Crippen molar-refractivity contribution in [2.24, 2.45) is 0 Å². The molecule has 164 valence electrons. The van der Waals surface area contributed by atoms with Gasteiger partial charge in [0.05, 0.1) is 17.2 Å². The molecule has 9 nitrogen and oxygen atoms in total. The summed E-state index contributed by atoms with van der Waals surface area (Å²) in [5, 5.41) is 15.9. The SMILES string of the molecule is CCOc1ccc(-c2[nH]c(-c3ccc([N+](=O)[O-])cc3)nc2C(=O)Nc2nccs2)cc1.Cl. The fraction of sp³-hybridized carbons (Fsp3) is 0.0952. The molecule has 0 radical (unpaired) electrons. The number of aromatic amines is 1. The maximum atomic E-state index is 12.9. The van der Waals surface area contributed by atoms with Crippen LogP contribution in [0.1, 0.15) is 17.4 Å². The van der Waals surface area contributed by atoms with Crippen LogP contribution in [0.5, 0.6) is 5.75 Å². The lowest BCUT2D eigenvalue weighted by molar-refractivity contribution is -0.384. The fourth-order valence-electron chi connectivity index (χ4n) is 2.95. The zero-order chi connectivity index (χ0) is 21.8. The van der Waals surface area contributed by atoms with E-state index in [0.29, 0.717) is 28.8 Å². The number of carbonyl (C=O) groups excluding carboxylic acids is 1. The maximum absolute atomic E-state index is 12.9. The Kier molecular flexibility index (Phi) is 7.18. The number of rotatable bonds is 7. The van der Waals surface area contributed by atoms with E-state index in [4.69, 9.17) is 4.74 Å². The number of imidazole rings is 1. The molecule has 32 heavy (non-hydrogen) atoms. The zero-order valence-electron chi connectivity index (χ0n) is 16.8. The molecule has 0 spiro atoms. The van der Waals surface area contributed by atoms with Gasteiger partial charge in [0, 0.05) is 34.8 Å². The number of halogens is 1. The number of amides is 1. The predicted octanol–water partition coefficient (Wildman–Crippen LogP) is 5.18. The van der Waals surface area contributed by atoms with Gasteiger partial charge in [-0.15, -0.1) is 23.7 Å². The topological polar surface area (TPSA) is 123 Å². The number of benzene rings is 2. The van der Waals surface area contributed by atoms with Crippen molar-refractivity contribution in [1.29, 1.82) is 0 Å². The number of aromatic nitrogens is 3. The normalized spacial score (nSPS) is 10.3. The summed E-state index contributed by atoms with van der Waals surface area (Å²) in [5.41, 5.74) is 2.04. The lowest BCUT2D eigenvalue weighted by atomic mass is 10.1. The Morgan fingerprint density at radius 2 is 1.84 bits per heavy atom. The monoisotopic (exact) mass is 471 g/mol. The van der Waals surface area contributed by atoms with Crippen molar-refractivity contribution >= 4 is 40.5 Å². The first kappa shape index (κ1) is 22.9. The van der Waals surface area contributed by atoms with E-state index in [0.717, 1.165) is 11.3 Å². The molecular weight excluding hydrogens is 454 g/mol. The second-order valence-corrected chi connectivity index (χ2v) is 7.26. The second-order valence-electron chi connectivity index (χ2n) is 6.36. The lowest BCUT2D eigenvalue weighted by Crippen LogP contribution is -2.13. The van der Waals surface area contributed by atoms with E-state index in [2.05, 4.69) is 20.3 Å². The van der Waals surface area contributed by atoms with Gasteiger partial charge in [0.25, 0.3) is 11.6 Å². The maximum Gasteiger partial charge on any atom is 0.278 e. The number of H-pyrrole nitrogens is 1. The summed E-state index contributed by atoms with van der Waals surface area (Å²) in [6.07, 6.45) is 1.60. The molecule has 0 aliphatic rings. The zero-order valence-corrected chi connectivity index (χ0v) is 18.4. The first-order valence-electron chi connectivity index (χ1n) is 9.34.